The molecule has 0 unspecified atom stereocenters. The van der Waals surface area contributed by atoms with Gasteiger partial charge in [-0.1, -0.05) is 29.3 Å². The van der Waals surface area contributed by atoms with E-state index in [1.165, 1.54) is 25.3 Å². The molecule has 106 valence electrons. The fourth-order valence-electron chi connectivity index (χ4n) is 1.77. The van der Waals surface area contributed by atoms with Gasteiger partial charge in [-0.2, -0.15) is 13.2 Å². The first kappa shape index (κ1) is 15.0. The van der Waals surface area contributed by atoms with E-state index in [1.54, 1.807) is 6.07 Å². The Kier molecular flexibility index (Phi) is 4.16. The number of halogens is 5. The van der Waals surface area contributed by atoms with Gasteiger partial charge in [-0.25, -0.2) is 0 Å². The highest BCUT2D eigenvalue weighted by Gasteiger charge is 2.31. The van der Waals surface area contributed by atoms with Crippen molar-refractivity contribution in [3.8, 4) is 16.9 Å². The van der Waals surface area contributed by atoms with Crippen molar-refractivity contribution in [3.63, 3.8) is 0 Å². The van der Waals surface area contributed by atoms with Gasteiger partial charge < -0.3 is 4.74 Å². The van der Waals surface area contributed by atoms with Gasteiger partial charge in [0.05, 0.1) is 22.7 Å². The summed E-state index contributed by atoms with van der Waals surface area (Å²) in [4.78, 5) is 0. The zero-order valence-corrected chi connectivity index (χ0v) is 11.8. The third-order valence-electron chi connectivity index (χ3n) is 2.76. The van der Waals surface area contributed by atoms with Gasteiger partial charge in [0, 0.05) is 5.56 Å². The largest absolute Gasteiger partial charge is 0.496 e. The van der Waals surface area contributed by atoms with Crippen LogP contribution in [0.5, 0.6) is 5.75 Å². The third kappa shape index (κ3) is 3.02. The summed E-state index contributed by atoms with van der Waals surface area (Å²) in [5.74, 6) is 0.330. The highest BCUT2D eigenvalue weighted by molar-refractivity contribution is 6.42. The van der Waals surface area contributed by atoms with Crippen molar-refractivity contribution in [1.29, 1.82) is 0 Å². The van der Waals surface area contributed by atoms with Crippen LogP contribution in [-0.2, 0) is 6.18 Å². The van der Waals surface area contributed by atoms with Crippen molar-refractivity contribution in [2.75, 3.05) is 7.11 Å². The molecule has 20 heavy (non-hydrogen) atoms. The van der Waals surface area contributed by atoms with Gasteiger partial charge in [0.25, 0.3) is 0 Å². The van der Waals surface area contributed by atoms with Crippen LogP contribution in [0.1, 0.15) is 5.56 Å². The minimum Gasteiger partial charge on any atom is -0.496 e. The Balaban J connectivity index is 2.61. The first-order valence-electron chi connectivity index (χ1n) is 5.53. The smallest absolute Gasteiger partial charge is 0.416 e. The zero-order valence-electron chi connectivity index (χ0n) is 10.3. The predicted octanol–water partition coefficient (Wildman–Crippen LogP) is 5.69. The van der Waals surface area contributed by atoms with Crippen LogP contribution >= 0.6 is 23.2 Å². The van der Waals surface area contributed by atoms with Crippen LogP contribution < -0.4 is 4.74 Å². The maximum absolute atomic E-state index is 12.8. The molecule has 2 aromatic rings. The van der Waals surface area contributed by atoms with Crippen molar-refractivity contribution in [1.82, 2.24) is 0 Å². The van der Waals surface area contributed by atoms with Crippen molar-refractivity contribution in [2.24, 2.45) is 0 Å². The Morgan fingerprint density at radius 3 is 2.20 bits per heavy atom. The van der Waals surface area contributed by atoms with Crippen molar-refractivity contribution >= 4 is 23.2 Å². The Bertz CT molecular complexity index is 639. The van der Waals surface area contributed by atoms with Crippen molar-refractivity contribution in [2.45, 2.75) is 6.18 Å². The summed E-state index contributed by atoms with van der Waals surface area (Å²) in [5, 5.41) is 0.602. The number of ether oxygens (including phenoxy) is 1. The van der Waals surface area contributed by atoms with Crippen LogP contribution in [0.2, 0.25) is 10.0 Å². The van der Waals surface area contributed by atoms with Gasteiger partial charge in [-0.3, -0.25) is 0 Å². The first-order valence-corrected chi connectivity index (χ1v) is 6.29. The fraction of sp³-hybridized carbons (Fsp3) is 0.143. The molecule has 0 N–H and O–H groups in total. The van der Waals surface area contributed by atoms with Crippen LogP contribution in [0, 0.1) is 0 Å². The second-order valence-corrected chi connectivity index (χ2v) is 4.86. The average Bonchev–Trinajstić information content (AvgIpc) is 2.40. The van der Waals surface area contributed by atoms with Crippen LogP contribution in [0.3, 0.4) is 0 Å². The fourth-order valence-corrected chi connectivity index (χ4v) is 2.07. The molecule has 0 spiro atoms. The lowest BCUT2D eigenvalue weighted by Crippen LogP contribution is -2.05. The molecule has 2 rings (SSSR count). The Labute approximate surface area is 123 Å². The van der Waals surface area contributed by atoms with Crippen LogP contribution in [0.4, 0.5) is 13.2 Å². The van der Waals surface area contributed by atoms with Gasteiger partial charge in [-0.15, -0.1) is 0 Å². The summed E-state index contributed by atoms with van der Waals surface area (Å²) in [5.41, 5.74) is 0.0580. The summed E-state index contributed by atoms with van der Waals surface area (Å²) in [6.45, 7) is 0. The second kappa shape index (κ2) is 5.54. The predicted molar refractivity (Wildman–Crippen MR) is 73.5 cm³/mol. The lowest BCUT2D eigenvalue weighted by Gasteiger charge is -2.13. The molecule has 0 saturated carbocycles. The Morgan fingerprint density at radius 1 is 0.950 bits per heavy atom. The minimum absolute atomic E-state index is 0.267. The Morgan fingerprint density at radius 2 is 1.65 bits per heavy atom. The van der Waals surface area contributed by atoms with Gasteiger partial charge in [0.1, 0.15) is 5.75 Å². The van der Waals surface area contributed by atoms with Crippen LogP contribution in [-0.4, -0.2) is 7.11 Å². The number of rotatable bonds is 2. The normalized spacial score (nSPS) is 11.5. The summed E-state index contributed by atoms with van der Waals surface area (Å²) >= 11 is 11.7. The van der Waals surface area contributed by atoms with Crippen molar-refractivity contribution in [3.05, 3.63) is 52.0 Å². The molecule has 0 atom stereocenters. The Hall–Kier alpha value is -1.39. The van der Waals surface area contributed by atoms with E-state index in [4.69, 9.17) is 27.9 Å². The summed E-state index contributed by atoms with van der Waals surface area (Å²) in [7, 11) is 1.39. The molecule has 0 fully saturated rings. The van der Waals surface area contributed by atoms with E-state index < -0.39 is 11.7 Å². The third-order valence-corrected chi connectivity index (χ3v) is 3.50. The van der Waals surface area contributed by atoms with E-state index in [9.17, 15) is 13.2 Å². The molecule has 2 aromatic carbocycles. The lowest BCUT2D eigenvalue weighted by atomic mass is 10.0. The molecule has 0 radical (unpaired) electrons. The summed E-state index contributed by atoms with van der Waals surface area (Å²) < 4.78 is 43.4. The van der Waals surface area contributed by atoms with Crippen molar-refractivity contribution < 1.29 is 17.9 Å². The molecule has 0 amide bonds. The van der Waals surface area contributed by atoms with Crippen LogP contribution in [0.15, 0.2) is 36.4 Å². The first-order chi connectivity index (χ1) is 9.32. The number of benzene rings is 2. The van der Waals surface area contributed by atoms with E-state index in [2.05, 4.69) is 0 Å². The second-order valence-electron chi connectivity index (χ2n) is 4.04. The molecular formula is C14H9Cl2F3O. The molecule has 0 heterocycles. The summed E-state index contributed by atoms with van der Waals surface area (Å²) in [6.07, 6.45) is -4.42. The van der Waals surface area contributed by atoms with Gasteiger partial charge >= 0.3 is 6.18 Å². The summed E-state index contributed by atoms with van der Waals surface area (Å²) in [6, 6.07) is 7.89. The molecule has 0 aliphatic rings. The van der Waals surface area contributed by atoms with E-state index in [0.29, 0.717) is 21.9 Å². The number of alkyl halides is 3. The SMILES string of the molecule is COc1ccc(C(F)(F)F)cc1-c1ccc(Cl)c(Cl)c1. The maximum Gasteiger partial charge on any atom is 0.416 e. The average molecular weight is 321 g/mol. The quantitative estimate of drug-likeness (QED) is 0.690. The zero-order chi connectivity index (χ0) is 14.9. The van der Waals surface area contributed by atoms with E-state index in [0.717, 1.165) is 12.1 Å². The molecular weight excluding hydrogens is 312 g/mol. The molecule has 0 aliphatic heterocycles. The topological polar surface area (TPSA) is 9.23 Å². The lowest BCUT2D eigenvalue weighted by molar-refractivity contribution is -0.137. The van der Waals surface area contributed by atoms with Gasteiger partial charge in [-0.05, 0) is 35.9 Å². The van der Waals surface area contributed by atoms with Crippen LogP contribution in [0.25, 0.3) is 11.1 Å². The molecule has 0 bridgehead atoms. The standard InChI is InChI=1S/C14H9Cl2F3O/c1-20-13-5-3-9(14(17,18)19)7-10(13)8-2-4-11(15)12(16)6-8/h2-7H,1H3. The van der Waals surface area contributed by atoms with E-state index in [1.807, 2.05) is 0 Å². The van der Waals surface area contributed by atoms with E-state index in [-0.39, 0.29) is 5.02 Å². The van der Waals surface area contributed by atoms with Gasteiger partial charge in [0.15, 0.2) is 0 Å². The maximum atomic E-state index is 12.8. The molecule has 1 nitrogen and oxygen atoms in total. The van der Waals surface area contributed by atoms with Gasteiger partial charge in [0.2, 0.25) is 0 Å². The molecule has 6 heteroatoms. The monoisotopic (exact) mass is 320 g/mol. The minimum atomic E-state index is -4.42. The van der Waals surface area contributed by atoms with E-state index >= 15 is 0 Å². The number of hydrogen-bond acceptors (Lipinski definition) is 1. The number of methoxy groups -OCH3 is 1. The molecule has 0 aliphatic carbocycles. The highest BCUT2D eigenvalue weighted by atomic mass is 35.5. The highest BCUT2D eigenvalue weighted by Crippen LogP contribution is 2.38. The molecule has 0 aromatic heterocycles. The number of hydrogen-bond donors (Lipinski definition) is 0. The molecule has 0 saturated heterocycles.